The molecule has 0 saturated carbocycles. The smallest absolute Gasteiger partial charge is 0.251 e. The summed E-state index contributed by atoms with van der Waals surface area (Å²) in [6, 6.07) is 8.87. The molecule has 8 heteroatoms. The number of benzene rings is 1. The predicted molar refractivity (Wildman–Crippen MR) is 112 cm³/mol. The van der Waals surface area contributed by atoms with Crippen LogP contribution in [-0.4, -0.2) is 83.6 Å². The number of nitrogens with zero attached hydrogens (tertiary/aromatic N) is 3. The first-order valence-corrected chi connectivity index (χ1v) is 10.6. The number of hydrogen-bond donors (Lipinski definition) is 1. The minimum Gasteiger partial charge on any atom is -0.343 e. The van der Waals surface area contributed by atoms with Gasteiger partial charge in [0.25, 0.3) is 5.91 Å². The second kappa shape index (κ2) is 9.73. The topological polar surface area (TPSA) is 90.0 Å². The van der Waals surface area contributed by atoms with Crippen LogP contribution in [0.5, 0.6) is 0 Å². The quantitative estimate of drug-likeness (QED) is 0.769. The fraction of sp³-hybridized carbons (Fsp3) is 0.545. The van der Waals surface area contributed by atoms with E-state index in [2.05, 4.69) is 5.32 Å². The van der Waals surface area contributed by atoms with Crippen LogP contribution in [0.15, 0.2) is 30.3 Å². The van der Waals surface area contributed by atoms with Crippen molar-refractivity contribution < 1.29 is 19.2 Å². The number of likely N-dealkylation sites (tertiary alicyclic amines) is 1. The van der Waals surface area contributed by atoms with Crippen LogP contribution >= 0.6 is 0 Å². The molecule has 1 unspecified atom stereocenters. The fourth-order valence-corrected chi connectivity index (χ4v) is 4.00. The largest absolute Gasteiger partial charge is 0.343 e. The maximum atomic E-state index is 12.9. The minimum atomic E-state index is -0.299. The van der Waals surface area contributed by atoms with E-state index in [1.54, 1.807) is 39.0 Å². The molecule has 0 radical (unpaired) electrons. The molecule has 1 atom stereocenters. The third kappa shape index (κ3) is 5.17. The molecular weight excluding hydrogens is 384 g/mol. The zero-order chi connectivity index (χ0) is 21.7. The summed E-state index contributed by atoms with van der Waals surface area (Å²) >= 11 is 0. The molecule has 8 nitrogen and oxygen atoms in total. The SMILES string of the molecule is CC(C)N1CC(C(=O)N2CCCN(C(=O)CNC(=O)c3ccccc3)CC2)CC1=O. The number of nitrogens with one attached hydrogen (secondary N) is 1. The van der Waals surface area contributed by atoms with E-state index in [1.807, 2.05) is 19.9 Å². The average Bonchev–Trinajstić information content (AvgIpc) is 2.97. The molecule has 4 amide bonds. The Balaban J connectivity index is 1.48. The second-order valence-electron chi connectivity index (χ2n) is 8.15. The number of amides is 4. The summed E-state index contributed by atoms with van der Waals surface area (Å²) in [4.78, 5) is 54.9. The maximum absolute atomic E-state index is 12.9. The van der Waals surface area contributed by atoms with Crippen molar-refractivity contribution in [2.75, 3.05) is 39.3 Å². The Hall–Kier alpha value is -2.90. The highest BCUT2D eigenvalue weighted by Gasteiger charge is 2.37. The molecule has 2 heterocycles. The van der Waals surface area contributed by atoms with E-state index in [-0.39, 0.29) is 48.6 Å². The van der Waals surface area contributed by atoms with Crippen molar-refractivity contribution in [1.29, 1.82) is 0 Å². The van der Waals surface area contributed by atoms with Crippen LogP contribution in [0, 0.1) is 5.92 Å². The van der Waals surface area contributed by atoms with Crippen molar-refractivity contribution in [3.63, 3.8) is 0 Å². The van der Waals surface area contributed by atoms with Crippen molar-refractivity contribution in [3.05, 3.63) is 35.9 Å². The van der Waals surface area contributed by atoms with Crippen molar-refractivity contribution in [3.8, 4) is 0 Å². The summed E-state index contributed by atoms with van der Waals surface area (Å²) in [5.41, 5.74) is 0.513. The summed E-state index contributed by atoms with van der Waals surface area (Å²) in [6.07, 6.45) is 0.945. The van der Waals surface area contributed by atoms with E-state index in [4.69, 9.17) is 0 Å². The van der Waals surface area contributed by atoms with Crippen molar-refractivity contribution in [2.45, 2.75) is 32.7 Å². The zero-order valence-corrected chi connectivity index (χ0v) is 17.7. The zero-order valence-electron chi connectivity index (χ0n) is 17.7. The van der Waals surface area contributed by atoms with Crippen LogP contribution in [0.3, 0.4) is 0 Å². The van der Waals surface area contributed by atoms with Gasteiger partial charge in [-0.1, -0.05) is 18.2 Å². The molecule has 0 aromatic heterocycles. The molecule has 0 aliphatic carbocycles. The fourth-order valence-electron chi connectivity index (χ4n) is 4.00. The van der Waals surface area contributed by atoms with Crippen LogP contribution in [0.25, 0.3) is 0 Å². The van der Waals surface area contributed by atoms with Gasteiger partial charge in [0.2, 0.25) is 17.7 Å². The summed E-state index contributed by atoms with van der Waals surface area (Å²) in [6.45, 7) is 6.32. The highest BCUT2D eigenvalue weighted by Crippen LogP contribution is 2.22. The van der Waals surface area contributed by atoms with Crippen LogP contribution in [-0.2, 0) is 14.4 Å². The van der Waals surface area contributed by atoms with Gasteiger partial charge >= 0.3 is 0 Å². The Morgan fingerprint density at radius 2 is 1.70 bits per heavy atom. The molecule has 0 spiro atoms. The molecule has 2 aliphatic heterocycles. The lowest BCUT2D eigenvalue weighted by atomic mass is 10.1. The van der Waals surface area contributed by atoms with Gasteiger partial charge in [-0.25, -0.2) is 0 Å². The van der Waals surface area contributed by atoms with Gasteiger partial charge < -0.3 is 20.0 Å². The Morgan fingerprint density at radius 1 is 1.03 bits per heavy atom. The summed E-state index contributed by atoms with van der Waals surface area (Å²) in [7, 11) is 0. The first-order valence-electron chi connectivity index (χ1n) is 10.6. The minimum absolute atomic E-state index is 0.00169. The number of carbonyl (C=O) groups excluding carboxylic acids is 4. The van der Waals surface area contributed by atoms with E-state index in [0.717, 1.165) is 0 Å². The van der Waals surface area contributed by atoms with Crippen LogP contribution in [0.4, 0.5) is 0 Å². The molecule has 0 bridgehead atoms. The molecular formula is C22H30N4O4. The van der Waals surface area contributed by atoms with E-state index < -0.39 is 0 Å². The first kappa shape index (κ1) is 21.8. The monoisotopic (exact) mass is 414 g/mol. The third-order valence-corrected chi connectivity index (χ3v) is 5.73. The van der Waals surface area contributed by atoms with Gasteiger partial charge in [0.05, 0.1) is 12.5 Å². The van der Waals surface area contributed by atoms with Gasteiger partial charge in [0.1, 0.15) is 0 Å². The predicted octanol–water partition coefficient (Wildman–Crippen LogP) is 0.734. The molecule has 3 rings (SSSR count). The number of rotatable bonds is 5. The molecule has 1 aromatic rings. The Morgan fingerprint density at radius 3 is 2.37 bits per heavy atom. The van der Waals surface area contributed by atoms with Gasteiger partial charge in [-0.2, -0.15) is 0 Å². The second-order valence-corrected chi connectivity index (χ2v) is 8.15. The van der Waals surface area contributed by atoms with E-state index >= 15 is 0 Å². The van der Waals surface area contributed by atoms with Gasteiger partial charge in [0.15, 0.2) is 0 Å². The van der Waals surface area contributed by atoms with Crippen LogP contribution < -0.4 is 5.32 Å². The number of hydrogen-bond acceptors (Lipinski definition) is 4. The van der Waals surface area contributed by atoms with Crippen molar-refractivity contribution in [1.82, 2.24) is 20.0 Å². The van der Waals surface area contributed by atoms with E-state index in [0.29, 0.717) is 44.7 Å². The lowest BCUT2D eigenvalue weighted by Crippen LogP contribution is -2.43. The molecule has 30 heavy (non-hydrogen) atoms. The van der Waals surface area contributed by atoms with Crippen LogP contribution in [0.1, 0.15) is 37.0 Å². The summed E-state index contributed by atoms with van der Waals surface area (Å²) < 4.78 is 0. The highest BCUT2D eigenvalue weighted by molar-refractivity contribution is 5.96. The third-order valence-electron chi connectivity index (χ3n) is 5.73. The molecule has 2 fully saturated rings. The first-order chi connectivity index (χ1) is 14.4. The standard InChI is InChI=1S/C22H30N4O4/c1-16(2)26-15-18(13-19(26)27)22(30)25-10-6-9-24(11-12-25)20(28)14-23-21(29)17-7-4-3-5-8-17/h3-5,7-8,16,18H,6,9-15H2,1-2H3,(H,23,29). The van der Waals surface area contributed by atoms with Gasteiger partial charge in [0, 0.05) is 50.7 Å². The van der Waals surface area contributed by atoms with Crippen molar-refractivity contribution >= 4 is 23.6 Å². The van der Waals surface area contributed by atoms with E-state index in [1.165, 1.54) is 0 Å². The van der Waals surface area contributed by atoms with Gasteiger partial charge in [-0.15, -0.1) is 0 Å². The lowest BCUT2D eigenvalue weighted by Gasteiger charge is -2.25. The Kier molecular flexibility index (Phi) is 7.07. The number of carbonyl (C=O) groups is 4. The summed E-state index contributed by atoms with van der Waals surface area (Å²) in [5.74, 6) is -0.707. The van der Waals surface area contributed by atoms with Gasteiger partial charge in [-0.05, 0) is 32.4 Å². The van der Waals surface area contributed by atoms with E-state index in [9.17, 15) is 19.2 Å². The lowest BCUT2D eigenvalue weighted by molar-refractivity contribution is -0.136. The molecule has 1 aromatic carbocycles. The van der Waals surface area contributed by atoms with Crippen LogP contribution in [0.2, 0.25) is 0 Å². The van der Waals surface area contributed by atoms with Crippen molar-refractivity contribution in [2.24, 2.45) is 5.92 Å². The average molecular weight is 415 g/mol. The molecule has 162 valence electrons. The highest BCUT2D eigenvalue weighted by atomic mass is 16.2. The van der Waals surface area contributed by atoms with Gasteiger partial charge in [-0.3, -0.25) is 19.2 Å². The normalized spacial score (nSPS) is 19.8. The molecule has 2 saturated heterocycles. The maximum Gasteiger partial charge on any atom is 0.251 e. The Bertz CT molecular complexity index is 796. The Labute approximate surface area is 177 Å². The molecule has 1 N–H and O–H groups in total. The molecule has 2 aliphatic rings. The summed E-state index contributed by atoms with van der Waals surface area (Å²) in [5, 5.41) is 2.66.